The van der Waals surface area contributed by atoms with Crippen LogP contribution in [-0.2, 0) is 11.2 Å². The normalized spacial score (nSPS) is 11.2. The maximum atomic E-state index is 11.2. The molecule has 2 aromatic heterocycles. The second-order valence-corrected chi connectivity index (χ2v) is 7.31. The molecule has 0 aliphatic carbocycles. The average Bonchev–Trinajstić information content (AvgIpc) is 3.09. The molecule has 0 spiro atoms. The van der Waals surface area contributed by atoms with Crippen molar-refractivity contribution in [2.75, 3.05) is 5.32 Å². The van der Waals surface area contributed by atoms with E-state index >= 15 is 0 Å². The fraction of sp³-hybridized carbons (Fsp3) is 0.0909. The van der Waals surface area contributed by atoms with Crippen molar-refractivity contribution in [2.24, 2.45) is 0 Å². The summed E-state index contributed by atoms with van der Waals surface area (Å²) in [6.07, 6.45) is 6.62. The number of carbonyl (C=O) groups is 1. The molecule has 5 nitrogen and oxygen atoms in total. The molecule has 0 fully saturated rings. The molecule has 0 saturated carbocycles. The highest BCUT2D eigenvalue weighted by Crippen LogP contribution is 2.29. The molecule has 6 heteroatoms. The maximum absolute atomic E-state index is 11.2. The van der Waals surface area contributed by atoms with E-state index in [4.69, 9.17) is 0 Å². The minimum Gasteiger partial charge on any atom is -0.302 e. The molecule has 0 aliphatic rings. The molecule has 0 atom stereocenters. The van der Waals surface area contributed by atoms with E-state index < -0.39 is 0 Å². The summed E-state index contributed by atoms with van der Waals surface area (Å²) in [4.78, 5) is 24.6. The lowest BCUT2D eigenvalue weighted by Gasteiger charge is -2.02. The molecular weight excluding hydrogens is 368 g/mol. The zero-order chi connectivity index (χ0) is 19.3. The van der Waals surface area contributed by atoms with Gasteiger partial charge in [-0.15, -0.1) is 0 Å². The molecule has 0 bridgehead atoms. The zero-order valence-electron chi connectivity index (χ0n) is 15.3. The lowest BCUT2D eigenvalue weighted by atomic mass is 10.1. The molecule has 4 rings (SSSR count). The van der Waals surface area contributed by atoms with Crippen LogP contribution >= 0.6 is 11.3 Å². The van der Waals surface area contributed by atoms with Crippen molar-refractivity contribution in [1.82, 2.24) is 15.0 Å². The van der Waals surface area contributed by atoms with Gasteiger partial charge in [-0.25, -0.2) is 15.0 Å². The first-order chi connectivity index (χ1) is 13.7. The summed E-state index contributed by atoms with van der Waals surface area (Å²) < 4.78 is 1.00. The minimum absolute atomic E-state index is 0.123. The van der Waals surface area contributed by atoms with Crippen molar-refractivity contribution >= 4 is 38.7 Å². The molecule has 0 saturated heterocycles. The Bertz CT molecular complexity index is 1150. The number of nitrogens with one attached hydrogen (secondary N) is 1. The molecule has 4 aromatic rings. The highest BCUT2D eigenvalue weighted by Gasteiger charge is 2.08. The number of thiazole rings is 1. The van der Waals surface area contributed by atoms with Crippen molar-refractivity contribution < 1.29 is 4.79 Å². The second kappa shape index (κ2) is 8.10. The highest BCUT2D eigenvalue weighted by molar-refractivity contribution is 7.22. The van der Waals surface area contributed by atoms with E-state index in [0.29, 0.717) is 11.0 Å². The van der Waals surface area contributed by atoms with E-state index in [1.54, 1.807) is 6.20 Å². The molecule has 28 heavy (non-hydrogen) atoms. The fourth-order valence-corrected chi connectivity index (χ4v) is 3.77. The number of hydrogen-bond donors (Lipinski definition) is 1. The number of benzene rings is 2. The summed E-state index contributed by atoms with van der Waals surface area (Å²) in [6.45, 7) is 1.48. The number of aromatic nitrogens is 3. The van der Waals surface area contributed by atoms with Gasteiger partial charge < -0.3 is 5.32 Å². The van der Waals surface area contributed by atoms with E-state index in [1.165, 1.54) is 23.8 Å². The number of amides is 1. The van der Waals surface area contributed by atoms with Gasteiger partial charge in [-0.3, -0.25) is 4.79 Å². The zero-order valence-corrected chi connectivity index (χ0v) is 16.1. The summed E-state index contributed by atoms with van der Waals surface area (Å²) in [5.74, 6) is 0.554. The van der Waals surface area contributed by atoms with Crippen molar-refractivity contribution in [3.05, 3.63) is 78.3 Å². The number of hydrogen-bond acceptors (Lipinski definition) is 5. The second-order valence-electron chi connectivity index (χ2n) is 6.27. The van der Waals surface area contributed by atoms with E-state index in [9.17, 15) is 4.79 Å². The number of fused-ring (bicyclic) bond motifs is 1. The van der Waals surface area contributed by atoms with E-state index in [1.807, 2.05) is 48.5 Å². The van der Waals surface area contributed by atoms with Gasteiger partial charge >= 0.3 is 0 Å². The Balaban J connectivity index is 1.55. The molecular formula is C22H18N4OS. The summed E-state index contributed by atoms with van der Waals surface area (Å²) in [5, 5.41) is 3.34. The van der Waals surface area contributed by atoms with Crippen molar-refractivity contribution in [3.63, 3.8) is 0 Å². The Labute approximate surface area is 166 Å². The Morgan fingerprint density at radius 2 is 1.96 bits per heavy atom. The summed E-state index contributed by atoms with van der Waals surface area (Å²) in [5.41, 5.74) is 3.95. The molecule has 0 aliphatic heterocycles. The largest absolute Gasteiger partial charge is 0.302 e. The van der Waals surface area contributed by atoms with E-state index in [-0.39, 0.29) is 5.91 Å². The lowest BCUT2D eigenvalue weighted by Crippen LogP contribution is -2.04. The van der Waals surface area contributed by atoms with Crippen molar-refractivity contribution in [3.8, 4) is 11.3 Å². The molecule has 1 amide bonds. The number of anilines is 1. The van der Waals surface area contributed by atoms with Crippen LogP contribution in [0.5, 0.6) is 0 Å². The molecule has 0 unspecified atom stereocenters. The standard InChI is InChI=1S/C22H18N4OS/c1-15(27)24-22-26-19-11-10-17(14-20(19)28-22)18-12-13-23-21(25-18)9-5-8-16-6-3-2-4-7-16/h2-7,9-14H,8H2,1H3,(H,24,26,27)/b9-5+. The maximum Gasteiger partial charge on any atom is 0.223 e. The van der Waals surface area contributed by atoms with Gasteiger partial charge in [-0.1, -0.05) is 53.8 Å². The van der Waals surface area contributed by atoms with Crippen LogP contribution in [0.2, 0.25) is 0 Å². The van der Waals surface area contributed by atoms with Crippen LogP contribution in [0.1, 0.15) is 18.3 Å². The number of allylic oxidation sites excluding steroid dienone is 1. The highest BCUT2D eigenvalue weighted by atomic mass is 32.1. The predicted molar refractivity (Wildman–Crippen MR) is 114 cm³/mol. The number of nitrogens with zero attached hydrogens (tertiary/aromatic N) is 3. The van der Waals surface area contributed by atoms with Gasteiger partial charge in [0.15, 0.2) is 11.0 Å². The first-order valence-corrected chi connectivity index (χ1v) is 9.71. The third-order valence-corrected chi connectivity index (χ3v) is 5.04. The van der Waals surface area contributed by atoms with Crippen molar-refractivity contribution in [1.29, 1.82) is 0 Å². The summed E-state index contributed by atoms with van der Waals surface area (Å²) in [6, 6.07) is 18.1. The lowest BCUT2D eigenvalue weighted by molar-refractivity contribution is -0.114. The Morgan fingerprint density at radius 1 is 1.11 bits per heavy atom. The van der Waals surface area contributed by atoms with Crippen LogP contribution in [0.4, 0.5) is 5.13 Å². The van der Waals surface area contributed by atoms with Crippen LogP contribution < -0.4 is 5.32 Å². The Morgan fingerprint density at radius 3 is 2.79 bits per heavy atom. The van der Waals surface area contributed by atoms with Crippen LogP contribution in [0.15, 0.2) is 66.9 Å². The van der Waals surface area contributed by atoms with Crippen LogP contribution in [-0.4, -0.2) is 20.9 Å². The fourth-order valence-electron chi connectivity index (χ4n) is 2.82. The van der Waals surface area contributed by atoms with Crippen LogP contribution in [0, 0.1) is 0 Å². The predicted octanol–water partition coefficient (Wildman–Crippen LogP) is 4.97. The quantitative estimate of drug-likeness (QED) is 0.526. The van der Waals surface area contributed by atoms with Gasteiger partial charge in [0, 0.05) is 18.7 Å². The van der Waals surface area contributed by atoms with E-state index in [0.717, 1.165) is 27.9 Å². The SMILES string of the molecule is CC(=O)Nc1nc2ccc(-c3ccnc(/C=C/Cc4ccccc4)n3)cc2s1. The topological polar surface area (TPSA) is 67.8 Å². The van der Waals surface area contributed by atoms with Gasteiger partial charge in [-0.2, -0.15) is 0 Å². The van der Waals surface area contributed by atoms with E-state index in [2.05, 4.69) is 38.5 Å². The average molecular weight is 386 g/mol. The Kier molecular flexibility index (Phi) is 5.21. The smallest absolute Gasteiger partial charge is 0.223 e. The third kappa shape index (κ3) is 4.29. The van der Waals surface area contributed by atoms with Crippen LogP contribution in [0.3, 0.4) is 0 Å². The minimum atomic E-state index is -0.123. The van der Waals surface area contributed by atoms with Gasteiger partial charge in [0.1, 0.15) is 0 Å². The number of carbonyl (C=O) groups excluding carboxylic acids is 1. The third-order valence-electron chi connectivity index (χ3n) is 4.10. The molecule has 2 aromatic carbocycles. The first-order valence-electron chi connectivity index (χ1n) is 8.89. The molecule has 0 radical (unpaired) electrons. The van der Waals surface area contributed by atoms with Gasteiger partial charge in [0.25, 0.3) is 0 Å². The molecule has 1 N–H and O–H groups in total. The van der Waals surface area contributed by atoms with Gasteiger partial charge in [0.2, 0.25) is 5.91 Å². The molecule has 2 heterocycles. The number of rotatable bonds is 5. The Hall–Kier alpha value is -3.38. The molecule has 138 valence electrons. The van der Waals surface area contributed by atoms with Gasteiger partial charge in [0.05, 0.1) is 15.9 Å². The summed E-state index contributed by atoms with van der Waals surface area (Å²) >= 11 is 1.45. The summed E-state index contributed by atoms with van der Waals surface area (Å²) in [7, 11) is 0. The van der Waals surface area contributed by atoms with Crippen LogP contribution in [0.25, 0.3) is 27.6 Å². The van der Waals surface area contributed by atoms with Crippen molar-refractivity contribution in [2.45, 2.75) is 13.3 Å². The monoisotopic (exact) mass is 386 g/mol. The first kappa shape index (κ1) is 18.0. The van der Waals surface area contributed by atoms with Gasteiger partial charge in [-0.05, 0) is 36.3 Å².